The van der Waals surface area contributed by atoms with Gasteiger partial charge in [-0.15, -0.1) is 0 Å². The minimum atomic E-state index is -0.392. The number of nitrogens with one attached hydrogen (secondary N) is 1. The molecule has 2 aromatic rings. The molecule has 0 aliphatic carbocycles. The van der Waals surface area contributed by atoms with Gasteiger partial charge in [0.15, 0.2) is 0 Å². The summed E-state index contributed by atoms with van der Waals surface area (Å²) in [6, 6.07) is 15.5. The molecule has 0 saturated heterocycles. The van der Waals surface area contributed by atoms with Crippen molar-refractivity contribution in [2.45, 2.75) is 13.1 Å². The van der Waals surface area contributed by atoms with E-state index in [9.17, 15) is 10.1 Å². The standard InChI is InChI=1S/C18H18N4O/c1-22(13-15-6-3-2-4-7-15)14-17(10-19)18(23)21-12-16-8-5-9-20-11-16/h2-9,11,14H,12-13H2,1H3,(H,21,23)/b17-14-. The average molecular weight is 306 g/mol. The lowest BCUT2D eigenvalue weighted by Gasteiger charge is -2.14. The summed E-state index contributed by atoms with van der Waals surface area (Å²) in [7, 11) is 1.83. The number of rotatable bonds is 6. The fourth-order valence-electron chi connectivity index (χ4n) is 2.06. The molecule has 0 radical (unpaired) electrons. The minimum Gasteiger partial charge on any atom is -0.375 e. The van der Waals surface area contributed by atoms with E-state index in [1.165, 1.54) is 0 Å². The van der Waals surface area contributed by atoms with Crippen LogP contribution in [0.2, 0.25) is 0 Å². The Labute approximate surface area is 135 Å². The van der Waals surface area contributed by atoms with Crippen molar-refractivity contribution in [2.24, 2.45) is 0 Å². The van der Waals surface area contributed by atoms with Crippen LogP contribution in [0.1, 0.15) is 11.1 Å². The van der Waals surface area contributed by atoms with Crippen molar-refractivity contribution in [3.05, 3.63) is 77.8 Å². The molecule has 0 bridgehead atoms. The summed E-state index contributed by atoms with van der Waals surface area (Å²) < 4.78 is 0. The van der Waals surface area contributed by atoms with Crippen molar-refractivity contribution in [1.82, 2.24) is 15.2 Å². The number of amides is 1. The summed E-state index contributed by atoms with van der Waals surface area (Å²) in [5, 5.41) is 11.9. The second-order valence-electron chi connectivity index (χ2n) is 5.10. The summed E-state index contributed by atoms with van der Waals surface area (Å²) in [4.78, 5) is 17.9. The molecule has 0 atom stereocenters. The summed E-state index contributed by atoms with van der Waals surface area (Å²) in [6.07, 6.45) is 4.91. The highest BCUT2D eigenvalue weighted by atomic mass is 16.1. The monoisotopic (exact) mass is 306 g/mol. The van der Waals surface area contributed by atoms with Gasteiger partial charge in [0.1, 0.15) is 11.6 Å². The SMILES string of the molecule is CN(/C=C(/C#N)C(=O)NCc1cccnc1)Cc1ccccc1. The van der Waals surface area contributed by atoms with Crippen LogP contribution in [0.4, 0.5) is 0 Å². The molecule has 0 aliphatic heterocycles. The Kier molecular flexibility index (Phi) is 5.89. The summed E-state index contributed by atoms with van der Waals surface area (Å²) in [5.74, 6) is -0.392. The van der Waals surface area contributed by atoms with Crippen molar-refractivity contribution in [3.8, 4) is 6.07 Å². The Hall–Kier alpha value is -3.13. The molecule has 0 fully saturated rings. The number of nitriles is 1. The number of pyridine rings is 1. The van der Waals surface area contributed by atoms with Gasteiger partial charge in [0.2, 0.25) is 0 Å². The molecular formula is C18H18N4O. The second kappa shape index (κ2) is 8.35. The first kappa shape index (κ1) is 16.2. The van der Waals surface area contributed by atoms with Gasteiger partial charge in [0.25, 0.3) is 5.91 Å². The zero-order chi connectivity index (χ0) is 16.5. The van der Waals surface area contributed by atoms with Crippen LogP contribution in [0.25, 0.3) is 0 Å². The van der Waals surface area contributed by atoms with Crippen LogP contribution in [0.15, 0.2) is 66.6 Å². The smallest absolute Gasteiger partial charge is 0.263 e. The molecular weight excluding hydrogens is 288 g/mol. The minimum absolute atomic E-state index is 0.0762. The third kappa shape index (κ3) is 5.29. The molecule has 0 aliphatic rings. The van der Waals surface area contributed by atoms with E-state index >= 15 is 0 Å². The molecule has 0 saturated carbocycles. The number of carbonyl (C=O) groups is 1. The predicted molar refractivity (Wildman–Crippen MR) is 87.7 cm³/mol. The van der Waals surface area contributed by atoms with Crippen LogP contribution >= 0.6 is 0 Å². The van der Waals surface area contributed by atoms with Gasteiger partial charge in [-0.3, -0.25) is 9.78 Å². The van der Waals surface area contributed by atoms with Crippen molar-refractivity contribution in [1.29, 1.82) is 5.26 Å². The number of hydrogen-bond donors (Lipinski definition) is 1. The van der Waals surface area contributed by atoms with E-state index in [1.54, 1.807) is 24.7 Å². The summed E-state index contributed by atoms with van der Waals surface area (Å²) in [6.45, 7) is 0.968. The van der Waals surface area contributed by atoms with Crippen LogP contribution in [0, 0.1) is 11.3 Å². The second-order valence-corrected chi connectivity index (χ2v) is 5.10. The van der Waals surface area contributed by atoms with E-state index in [4.69, 9.17) is 0 Å². The molecule has 0 unspecified atom stereocenters. The zero-order valence-electron chi connectivity index (χ0n) is 12.9. The van der Waals surface area contributed by atoms with E-state index in [-0.39, 0.29) is 5.57 Å². The highest BCUT2D eigenvalue weighted by Gasteiger charge is 2.10. The van der Waals surface area contributed by atoms with Crippen LogP contribution < -0.4 is 5.32 Å². The topological polar surface area (TPSA) is 69.0 Å². The van der Waals surface area contributed by atoms with Crippen LogP contribution in [-0.2, 0) is 17.9 Å². The van der Waals surface area contributed by atoms with Gasteiger partial charge >= 0.3 is 0 Å². The molecule has 1 N–H and O–H groups in total. The first-order chi connectivity index (χ1) is 11.2. The van der Waals surface area contributed by atoms with Crippen molar-refractivity contribution < 1.29 is 4.79 Å². The molecule has 116 valence electrons. The van der Waals surface area contributed by atoms with Gasteiger partial charge in [0, 0.05) is 38.7 Å². The third-order valence-corrected chi connectivity index (χ3v) is 3.17. The first-order valence-electron chi connectivity index (χ1n) is 7.22. The number of carbonyl (C=O) groups excluding carboxylic acids is 1. The molecule has 1 aromatic heterocycles. The average Bonchev–Trinajstić information content (AvgIpc) is 2.59. The normalized spacial score (nSPS) is 10.7. The molecule has 1 amide bonds. The maximum Gasteiger partial charge on any atom is 0.263 e. The molecule has 5 nitrogen and oxygen atoms in total. The largest absolute Gasteiger partial charge is 0.375 e. The summed E-state index contributed by atoms with van der Waals surface area (Å²) >= 11 is 0. The Morgan fingerprint density at radius 1 is 1.26 bits per heavy atom. The fourth-order valence-corrected chi connectivity index (χ4v) is 2.06. The molecule has 5 heteroatoms. The lowest BCUT2D eigenvalue weighted by atomic mass is 10.2. The lowest BCUT2D eigenvalue weighted by molar-refractivity contribution is -0.117. The first-order valence-corrected chi connectivity index (χ1v) is 7.22. The van der Waals surface area contributed by atoms with Gasteiger partial charge in [-0.1, -0.05) is 36.4 Å². The van der Waals surface area contributed by atoms with Crippen molar-refractivity contribution in [3.63, 3.8) is 0 Å². The van der Waals surface area contributed by atoms with Crippen LogP contribution in [-0.4, -0.2) is 22.8 Å². The van der Waals surface area contributed by atoms with E-state index in [1.807, 2.05) is 54.4 Å². The van der Waals surface area contributed by atoms with Crippen molar-refractivity contribution in [2.75, 3.05) is 7.05 Å². The summed E-state index contributed by atoms with van der Waals surface area (Å²) in [5.41, 5.74) is 2.07. The molecule has 23 heavy (non-hydrogen) atoms. The van der Waals surface area contributed by atoms with Crippen LogP contribution in [0.5, 0.6) is 0 Å². The number of nitrogens with zero attached hydrogens (tertiary/aromatic N) is 3. The molecule has 1 heterocycles. The Morgan fingerprint density at radius 2 is 2.00 bits per heavy atom. The Bertz CT molecular complexity index is 705. The van der Waals surface area contributed by atoms with E-state index < -0.39 is 5.91 Å². The Morgan fingerprint density at radius 3 is 2.65 bits per heavy atom. The number of hydrogen-bond acceptors (Lipinski definition) is 4. The van der Waals surface area contributed by atoms with Crippen LogP contribution in [0.3, 0.4) is 0 Å². The van der Waals surface area contributed by atoms with Gasteiger partial charge < -0.3 is 10.2 Å². The number of aromatic nitrogens is 1. The molecule has 0 spiro atoms. The van der Waals surface area contributed by atoms with Gasteiger partial charge in [-0.25, -0.2) is 0 Å². The Balaban J connectivity index is 1.95. The van der Waals surface area contributed by atoms with E-state index in [0.29, 0.717) is 13.1 Å². The predicted octanol–water partition coefficient (Wildman–Crippen LogP) is 2.24. The highest BCUT2D eigenvalue weighted by molar-refractivity contribution is 5.97. The van der Waals surface area contributed by atoms with Gasteiger partial charge in [0.05, 0.1) is 0 Å². The lowest BCUT2D eigenvalue weighted by Crippen LogP contribution is -2.25. The zero-order valence-corrected chi connectivity index (χ0v) is 12.9. The maximum absolute atomic E-state index is 12.1. The van der Waals surface area contributed by atoms with Gasteiger partial charge in [-0.05, 0) is 17.2 Å². The maximum atomic E-state index is 12.1. The van der Waals surface area contributed by atoms with E-state index in [2.05, 4.69) is 10.3 Å². The molecule has 2 rings (SSSR count). The van der Waals surface area contributed by atoms with Gasteiger partial charge in [-0.2, -0.15) is 5.26 Å². The van der Waals surface area contributed by atoms with E-state index in [0.717, 1.165) is 11.1 Å². The molecule has 1 aromatic carbocycles. The number of benzene rings is 1. The highest BCUT2D eigenvalue weighted by Crippen LogP contribution is 2.05. The quantitative estimate of drug-likeness (QED) is 0.656. The third-order valence-electron chi connectivity index (χ3n) is 3.17. The fraction of sp³-hybridized carbons (Fsp3) is 0.167. The van der Waals surface area contributed by atoms with Crippen molar-refractivity contribution >= 4 is 5.91 Å².